The lowest BCUT2D eigenvalue weighted by Gasteiger charge is -2.17. The fourth-order valence-electron chi connectivity index (χ4n) is 3.42. The Bertz CT molecular complexity index is 1160. The first-order chi connectivity index (χ1) is 15.9. The second-order valence-corrected chi connectivity index (χ2v) is 9.30. The molecule has 9 heteroatoms. The summed E-state index contributed by atoms with van der Waals surface area (Å²) in [5.41, 5.74) is 7.88. The van der Waals surface area contributed by atoms with Crippen LogP contribution in [0.2, 0.25) is 10.0 Å². The Balaban J connectivity index is 1.27. The van der Waals surface area contributed by atoms with Crippen molar-refractivity contribution in [2.24, 2.45) is 5.92 Å². The van der Waals surface area contributed by atoms with Crippen molar-refractivity contribution in [3.63, 3.8) is 0 Å². The minimum atomic E-state index is -0.430. The number of carbonyl (C=O) groups excluding carboxylic acids is 2. The van der Waals surface area contributed by atoms with Gasteiger partial charge in [0.2, 0.25) is 11.8 Å². The Labute approximate surface area is 209 Å². The maximum absolute atomic E-state index is 12.6. The Hall–Kier alpha value is -2.74. The van der Waals surface area contributed by atoms with Gasteiger partial charge in [0.25, 0.3) is 0 Å². The highest BCUT2D eigenvalue weighted by molar-refractivity contribution is 9.10. The molecule has 4 rings (SSSR count). The molecule has 3 aromatic rings. The molecule has 3 aromatic carbocycles. The van der Waals surface area contributed by atoms with Gasteiger partial charge in [0.1, 0.15) is 12.4 Å². The van der Waals surface area contributed by atoms with E-state index in [-0.39, 0.29) is 18.2 Å². The van der Waals surface area contributed by atoms with E-state index >= 15 is 0 Å². The van der Waals surface area contributed by atoms with Crippen LogP contribution in [0, 0.1) is 5.92 Å². The molecule has 1 saturated heterocycles. The molecule has 0 saturated carbocycles. The molecule has 0 spiro atoms. The number of amides is 2. The summed E-state index contributed by atoms with van der Waals surface area (Å²) in [6.45, 7) is 0.651. The topological polar surface area (TPSA) is 70.7 Å². The number of halogens is 3. The lowest BCUT2D eigenvalue weighted by Crippen LogP contribution is -2.36. The van der Waals surface area contributed by atoms with E-state index in [2.05, 4.69) is 26.8 Å². The number of nitrogens with one attached hydrogen (secondary N) is 2. The second-order valence-electron chi connectivity index (χ2n) is 7.54. The summed E-state index contributed by atoms with van der Waals surface area (Å²) < 4.78 is 6.69. The third-order valence-corrected chi connectivity index (χ3v) is 6.34. The molecule has 0 bridgehead atoms. The Morgan fingerprint density at radius 2 is 1.79 bits per heavy atom. The molecule has 6 nitrogen and oxygen atoms in total. The number of carbonyl (C=O) groups is 2. The molecule has 0 aromatic heterocycles. The molecule has 1 fully saturated rings. The van der Waals surface area contributed by atoms with E-state index in [1.54, 1.807) is 41.3 Å². The van der Waals surface area contributed by atoms with Crippen LogP contribution in [0.25, 0.3) is 0 Å². The van der Waals surface area contributed by atoms with Crippen molar-refractivity contribution >= 4 is 62.3 Å². The van der Waals surface area contributed by atoms with Gasteiger partial charge in [-0.1, -0.05) is 45.2 Å². The number of rotatable bonds is 7. The zero-order valence-corrected chi connectivity index (χ0v) is 20.5. The average Bonchev–Trinajstić information content (AvgIpc) is 3.20. The molecule has 1 aliphatic rings. The minimum Gasteiger partial charge on any atom is -0.489 e. The lowest BCUT2D eigenvalue weighted by atomic mass is 10.1. The van der Waals surface area contributed by atoms with Crippen molar-refractivity contribution in [1.29, 1.82) is 0 Å². The second kappa shape index (κ2) is 10.5. The Kier molecular flexibility index (Phi) is 7.42. The molecule has 0 aliphatic carbocycles. The van der Waals surface area contributed by atoms with E-state index in [0.717, 1.165) is 15.7 Å². The van der Waals surface area contributed by atoms with Crippen LogP contribution in [-0.4, -0.2) is 18.4 Å². The van der Waals surface area contributed by atoms with Crippen LogP contribution in [0.3, 0.4) is 0 Å². The SMILES string of the molecule is O=C(NNc1ccc(OCc2ccc(Cl)cc2Cl)cc1)[C@@H]1CC(=O)N(c2ccc(Br)cc2)C1. The lowest BCUT2D eigenvalue weighted by molar-refractivity contribution is -0.125. The van der Waals surface area contributed by atoms with Gasteiger partial charge in [0.05, 0.1) is 11.6 Å². The van der Waals surface area contributed by atoms with E-state index in [0.29, 0.717) is 34.6 Å². The summed E-state index contributed by atoms with van der Waals surface area (Å²) in [5, 5.41) is 1.12. The first-order valence-corrected chi connectivity index (χ1v) is 11.7. The van der Waals surface area contributed by atoms with Crippen molar-refractivity contribution < 1.29 is 14.3 Å². The Morgan fingerprint density at radius 1 is 1.06 bits per heavy atom. The monoisotopic (exact) mass is 547 g/mol. The van der Waals surface area contributed by atoms with Crippen molar-refractivity contribution in [3.05, 3.63) is 86.8 Å². The maximum atomic E-state index is 12.6. The summed E-state index contributed by atoms with van der Waals surface area (Å²) in [6, 6.07) is 19.8. The molecule has 170 valence electrons. The molecular weight excluding hydrogens is 529 g/mol. The van der Waals surface area contributed by atoms with Gasteiger partial charge in [0, 0.05) is 38.7 Å². The summed E-state index contributed by atoms with van der Waals surface area (Å²) in [5.74, 6) is -0.0785. The van der Waals surface area contributed by atoms with Gasteiger partial charge in [-0.25, -0.2) is 0 Å². The van der Waals surface area contributed by atoms with Gasteiger partial charge < -0.3 is 9.64 Å². The minimum absolute atomic E-state index is 0.0697. The maximum Gasteiger partial charge on any atom is 0.243 e. The number of hydrogen-bond acceptors (Lipinski definition) is 4. The number of nitrogens with zero attached hydrogens (tertiary/aromatic N) is 1. The predicted octanol–water partition coefficient (Wildman–Crippen LogP) is 5.83. The highest BCUT2D eigenvalue weighted by Gasteiger charge is 2.35. The smallest absolute Gasteiger partial charge is 0.243 e. The third-order valence-electron chi connectivity index (χ3n) is 5.23. The van der Waals surface area contributed by atoms with Gasteiger partial charge in [-0.05, 0) is 60.7 Å². The van der Waals surface area contributed by atoms with Gasteiger partial charge >= 0.3 is 0 Å². The van der Waals surface area contributed by atoms with Gasteiger partial charge in [-0.3, -0.25) is 20.4 Å². The predicted molar refractivity (Wildman–Crippen MR) is 134 cm³/mol. The largest absolute Gasteiger partial charge is 0.489 e. The zero-order chi connectivity index (χ0) is 23.4. The van der Waals surface area contributed by atoms with Crippen molar-refractivity contribution in [2.75, 3.05) is 16.9 Å². The van der Waals surface area contributed by atoms with Crippen LogP contribution in [-0.2, 0) is 16.2 Å². The first-order valence-electron chi connectivity index (χ1n) is 10.2. The number of benzene rings is 3. The highest BCUT2D eigenvalue weighted by Crippen LogP contribution is 2.27. The quantitative estimate of drug-likeness (QED) is 0.364. The summed E-state index contributed by atoms with van der Waals surface area (Å²) >= 11 is 15.5. The van der Waals surface area contributed by atoms with Crippen LogP contribution in [0.4, 0.5) is 11.4 Å². The average molecular weight is 549 g/mol. The molecule has 1 aliphatic heterocycles. The van der Waals surface area contributed by atoms with Crippen LogP contribution in [0.5, 0.6) is 5.75 Å². The van der Waals surface area contributed by atoms with Gasteiger partial charge in [-0.15, -0.1) is 0 Å². The van der Waals surface area contributed by atoms with Crippen LogP contribution >= 0.6 is 39.1 Å². The fraction of sp³-hybridized carbons (Fsp3) is 0.167. The summed E-state index contributed by atoms with van der Waals surface area (Å²) in [6.07, 6.45) is 0.170. The highest BCUT2D eigenvalue weighted by atomic mass is 79.9. The number of hydrogen-bond donors (Lipinski definition) is 2. The normalized spacial score (nSPS) is 15.4. The van der Waals surface area contributed by atoms with Crippen LogP contribution in [0.15, 0.2) is 71.2 Å². The molecular formula is C24H20BrCl2N3O3. The number of anilines is 2. The summed E-state index contributed by atoms with van der Waals surface area (Å²) in [7, 11) is 0. The van der Waals surface area contributed by atoms with Gasteiger partial charge in [-0.2, -0.15) is 0 Å². The van der Waals surface area contributed by atoms with Crippen molar-refractivity contribution in [3.8, 4) is 5.75 Å². The molecule has 2 amide bonds. The van der Waals surface area contributed by atoms with Gasteiger partial charge in [0.15, 0.2) is 0 Å². The molecule has 2 N–H and O–H groups in total. The van der Waals surface area contributed by atoms with Crippen LogP contribution < -0.4 is 20.5 Å². The fourth-order valence-corrected chi connectivity index (χ4v) is 4.15. The molecule has 1 heterocycles. The number of hydrazine groups is 1. The standard InChI is InChI=1S/C24H20BrCl2N3O3/c25-17-2-7-20(8-3-17)30-13-16(11-23(30)31)24(32)29-28-19-5-9-21(10-6-19)33-14-15-1-4-18(26)12-22(15)27/h1-10,12,16,28H,11,13-14H2,(H,29,32)/t16-/m1/s1. The molecule has 1 atom stereocenters. The molecule has 0 unspecified atom stereocenters. The van der Waals surface area contributed by atoms with E-state index in [9.17, 15) is 9.59 Å². The van der Waals surface area contributed by atoms with Crippen molar-refractivity contribution in [1.82, 2.24) is 5.43 Å². The third kappa shape index (κ3) is 5.99. The summed E-state index contributed by atoms with van der Waals surface area (Å²) in [4.78, 5) is 26.6. The number of ether oxygens (including phenoxy) is 1. The zero-order valence-electron chi connectivity index (χ0n) is 17.4. The Morgan fingerprint density at radius 3 is 2.48 bits per heavy atom. The van der Waals surface area contributed by atoms with Crippen LogP contribution in [0.1, 0.15) is 12.0 Å². The van der Waals surface area contributed by atoms with E-state index < -0.39 is 5.92 Å². The van der Waals surface area contributed by atoms with E-state index in [1.165, 1.54) is 0 Å². The molecule has 33 heavy (non-hydrogen) atoms. The van der Waals surface area contributed by atoms with E-state index in [4.69, 9.17) is 27.9 Å². The van der Waals surface area contributed by atoms with E-state index in [1.807, 2.05) is 30.3 Å². The van der Waals surface area contributed by atoms with Crippen molar-refractivity contribution in [2.45, 2.75) is 13.0 Å². The first kappa shape index (κ1) is 23.4. The molecule has 0 radical (unpaired) electrons.